The van der Waals surface area contributed by atoms with Gasteiger partial charge in [-0.05, 0) is 51.9 Å². The van der Waals surface area contributed by atoms with E-state index in [-0.39, 0.29) is 0 Å². The summed E-state index contributed by atoms with van der Waals surface area (Å²) in [5, 5.41) is 0. The summed E-state index contributed by atoms with van der Waals surface area (Å²) in [5.41, 5.74) is 0. The molecule has 0 unspecified atom stereocenters. The van der Waals surface area contributed by atoms with E-state index in [1.54, 1.807) is 0 Å². The molecule has 0 saturated carbocycles. The second-order valence-electron chi connectivity index (χ2n) is 12.1. The van der Waals surface area contributed by atoms with E-state index in [1.165, 1.54) is 180 Å². The van der Waals surface area contributed by atoms with E-state index in [1.807, 2.05) is 0 Å². The first kappa shape index (κ1) is 37.7. The molecule has 0 rings (SSSR count). The van der Waals surface area contributed by atoms with Gasteiger partial charge in [-0.15, -0.1) is 0 Å². The van der Waals surface area contributed by atoms with Gasteiger partial charge in [0.1, 0.15) is 0 Å². The second kappa shape index (κ2) is 32.9. The third-order valence-electron chi connectivity index (χ3n) is 8.21. The largest absolute Gasteiger partial charge is 0.300 e. The third kappa shape index (κ3) is 28.7. The Labute approximate surface area is 242 Å². The summed E-state index contributed by atoms with van der Waals surface area (Å²) in [5.74, 6) is 0. The minimum atomic E-state index is 1.16. The highest BCUT2D eigenvalue weighted by Crippen LogP contribution is 2.11. The van der Waals surface area contributed by atoms with Crippen molar-refractivity contribution < 1.29 is 0 Å². The van der Waals surface area contributed by atoms with Gasteiger partial charge in [0.15, 0.2) is 0 Å². The predicted molar refractivity (Wildman–Crippen MR) is 176 cm³/mol. The Bertz CT molecular complexity index is 375. The van der Waals surface area contributed by atoms with Crippen molar-refractivity contribution in [2.45, 2.75) is 182 Å². The molecule has 0 amide bonds. The molecule has 0 N–H and O–H groups in total. The maximum Gasteiger partial charge on any atom is 0.0163 e. The minimum Gasteiger partial charge on any atom is -0.300 e. The third-order valence-corrected chi connectivity index (χ3v) is 8.21. The van der Waals surface area contributed by atoms with Crippen LogP contribution in [-0.2, 0) is 0 Å². The normalized spacial score (nSPS) is 12.1. The highest BCUT2D eigenvalue weighted by atomic mass is 15.1. The van der Waals surface area contributed by atoms with Crippen LogP contribution in [0.1, 0.15) is 182 Å². The van der Waals surface area contributed by atoms with Crippen molar-refractivity contribution in [1.29, 1.82) is 0 Å². The van der Waals surface area contributed by atoms with Crippen LogP contribution < -0.4 is 0 Å². The summed E-state index contributed by atoms with van der Waals surface area (Å²) in [6.45, 7) is 16.8. The van der Waals surface area contributed by atoms with Gasteiger partial charge in [0.25, 0.3) is 0 Å². The number of hydrogen-bond acceptors (Lipinski definition) is 2. The number of unbranched alkanes of at least 4 members (excludes halogenated alkanes) is 20. The second-order valence-corrected chi connectivity index (χ2v) is 12.1. The van der Waals surface area contributed by atoms with Crippen LogP contribution in [0.2, 0.25) is 0 Å². The first-order chi connectivity index (χ1) is 18.8. The zero-order valence-corrected chi connectivity index (χ0v) is 27.3. The lowest BCUT2D eigenvalue weighted by molar-refractivity contribution is 0.279. The van der Waals surface area contributed by atoms with Gasteiger partial charge in [-0.25, -0.2) is 0 Å². The Morgan fingerprint density at radius 1 is 0.289 bits per heavy atom. The number of nitrogens with zero attached hydrogens (tertiary/aromatic N) is 2. The number of hydrogen-bond donors (Lipinski definition) is 0. The molecule has 2 nitrogen and oxygen atoms in total. The molecule has 2 heteroatoms. The van der Waals surface area contributed by atoms with Crippen molar-refractivity contribution in [1.82, 2.24) is 9.80 Å². The Morgan fingerprint density at radius 2 is 0.500 bits per heavy atom. The Hall–Kier alpha value is -0.340. The van der Waals surface area contributed by atoms with Crippen LogP contribution in [0.25, 0.3) is 0 Å². The Kier molecular flexibility index (Phi) is 32.6. The van der Waals surface area contributed by atoms with Crippen molar-refractivity contribution in [3.05, 3.63) is 12.2 Å². The molecule has 0 heterocycles. The van der Waals surface area contributed by atoms with E-state index < -0.39 is 0 Å². The maximum atomic E-state index is 2.75. The molecule has 0 spiro atoms. The molecule has 0 aromatic heterocycles. The zero-order valence-electron chi connectivity index (χ0n) is 27.3. The predicted octanol–water partition coefficient (Wildman–Crippen LogP) is 11.6. The molecule has 0 bridgehead atoms. The molecule has 38 heavy (non-hydrogen) atoms. The minimum absolute atomic E-state index is 1.16. The Morgan fingerprint density at radius 3 is 0.737 bits per heavy atom. The van der Waals surface area contributed by atoms with Crippen LogP contribution >= 0.6 is 0 Å². The van der Waals surface area contributed by atoms with Crippen LogP contribution in [0.5, 0.6) is 0 Å². The van der Waals surface area contributed by atoms with E-state index in [2.05, 4.69) is 49.6 Å². The van der Waals surface area contributed by atoms with Crippen LogP contribution in [0, 0.1) is 0 Å². The molecule has 0 aliphatic rings. The number of rotatable bonds is 32. The van der Waals surface area contributed by atoms with E-state index in [4.69, 9.17) is 0 Å². The molecule has 0 saturated heterocycles. The van der Waals surface area contributed by atoms with E-state index in [0.29, 0.717) is 0 Å². The van der Waals surface area contributed by atoms with Crippen molar-refractivity contribution in [3.63, 3.8) is 0 Å². The van der Waals surface area contributed by atoms with E-state index >= 15 is 0 Å². The standard InChI is InChI=1S/C36H74N2/c1-5-9-13-17-21-25-31-37(32-26-22-18-14-10-6-2)35-29-30-36-38(33-27-23-19-15-11-7-3)34-28-24-20-16-12-8-4/h29-30H,5-28,31-36H2,1-4H3. The maximum absolute atomic E-state index is 2.75. The fraction of sp³-hybridized carbons (Fsp3) is 0.944. The lowest BCUT2D eigenvalue weighted by atomic mass is 10.1. The molecular formula is C36H74N2. The molecule has 0 aliphatic carbocycles. The summed E-state index contributed by atoms with van der Waals surface area (Å²) < 4.78 is 0. The SMILES string of the molecule is CCCCCCCCN(CC=CCN(CCCCCCCC)CCCCCCCC)CCCCCCCC. The van der Waals surface area contributed by atoms with Crippen molar-refractivity contribution in [3.8, 4) is 0 Å². The molecule has 0 fully saturated rings. The first-order valence-electron chi connectivity index (χ1n) is 17.9. The van der Waals surface area contributed by atoms with Crippen LogP contribution in [0.4, 0.5) is 0 Å². The van der Waals surface area contributed by atoms with Crippen LogP contribution in [-0.4, -0.2) is 49.1 Å². The van der Waals surface area contributed by atoms with Gasteiger partial charge in [0.05, 0.1) is 0 Å². The van der Waals surface area contributed by atoms with Gasteiger partial charge in [-0.3, -0.25) is 9.80 Å². The van der Waals surface area contributed by atoms with Crippen molar-refractivity contribution in [2.24, 2.45) is 0 Å². The summed E-state index contributed by atoms with van der Waals surface area (Å²) in [6.07, 6.45) is 38.7. The van der Waals surface area contributed by atoms with E-state index in [0.717, 1.165) is 13.1 Å². The summed E-state index contributed by atoms with van der Waals surface area (Å²) in [6, 6.07) is 0. The highest BCUT2D eigenvalue weighted by Gasteiger charge is 2.05. The summed E-state index contributed by atoms with van der Waals surface area (Å²) in [7, 11) is 0. The molecule has 0 aromatic carbocycles. The topological polar surface area (TPSA) is 6.48 Å². The van der Waals surface area contributed by atoms with Crippen LogP contribution in [0.15, 0.2) is 12.2 Å². The fourth-order valence-corrected chi connectivity index (χ4v) is 5.50. The monoisotopic (exact) mass is 535 g/mol. The molecule has 0 radical (unpaired) electrons. The molecule has 228 valence electrons. The average molecular weight is 535 g/mol. The molecule has 0 aromatic rings. The van der Waals surface area contributed by atoms with Crippen molar-refractivity contribution in [2.75, 3.05) is 39.3 Å². The quantitative estimate of drug-likeness (QED) is 0.0625. The van der Waals surface area contributed by atoms with Gasteiger partial charge in [0.2, 0.25) is 0 Å². The van der Waals surface area contributed by atoms with Crippen molar-refractivity contribution >= 4 is 0 Å². The van der Waals surface area contributed by atoms with Gasteiger partial charge in [-0.2, -0.15) is 0 Å². The fourth-order valence-electron chi connectivity index (χ4n) is 5.50. The molecule has 0 atom stereocenters. The lowest BCUT2D eigenvalue weighted by Gasteiger charge is -2.22. The molecule has 0 aliphatic heterocycles. The van der Waals surface area contributed by atoms with Gasteiger partial charge in [-0.1, -0.05) is 168 Å². The van der Waals surface area contributed by atoms with Gasteiger partial charge < -0.3 is 0 Å². The summed E-state index contributed by atoms with van der Waals surface area (Å²) >= 11 is 0. The lowest BCUT2D eigenvalue weighted by Crippen LogP contribution is -2.28. The molecular weight excluding hydrogens is 460 g/mol. The van der Waals surface area contributed by atoms with Gasteiger partial charge >= 0.3 is 0 Å². The summed E-state index contributed by atoms with van der Waals surface area (Å²) in [4.78, 5) is 5.50. The zero-order chi connectivity index (χ0) is 27.8. The van der Waals surface area contributed by atoms with Gasteiger partial charge in [0, 0.05) is 13.1 Å². The average Bonchev–Trinajstić information content (AvgIpc) is 2.93. The first-order valence-corrected chi connectivity index (χ1v) is 17.9. The Balaban J connectivity index is 4.50. The van der Waals surface area contributed by atoms with E-state index in [9.17, 15) is 0 Å². The smallest absolute Gasteiger partial charge is 0.0163 e. The van der Waals surface area contributed by atoms with Crippen LogP contribution in [0.3, 0.4) is 0 Å². The highest BCUT2D eigenvalue weighted by molar-refractivity contribution is 4.88.